The molecule has 1 aliphatic rings. The molecule has 216 valence electrons. The maximum atomic E-state index is 7.50. The second kappa shape index (κ2) is 12.7. The van der Waals surface area contributed by atoms with Gasteiger partial charge in [0.15, 0.2) is 0 Å². The fraction of sp³-hybridized carbons (Fsp3) is 1.00. The Bertz CT molecular complexity index is 566. The molecule has 1 aliphatic heterocycles. The van der Waals surface area contributed by atoms with Crippen LogP contribution in [0.3, 0.4) is 0 Å². The zero-order valence-corrected chi connectivity index (χ0v) is 29.4. The average molecular weight is 565 g/mol. The van der Waals surface area contributed by atoms with Crippen LogP contribution in [0.5, 0.6) is 0 Å². The molecule has 9 heteroatoms. The Balaban J connectivity index is 3.76. The van der Waals surface area contributed by atoms with Crippen molar-refractivity contribution in [3.63, 3.8) is 0 Å². The van der Waals surface area contributed by atoms with Gasteiger partial charge in [-0.3, -0.25) is 0 Å². The molecule has 0 N–H and O–H groups in total. The summed E-state index contributed by atoms with van der Waals surface area (Å²) in [5.74, 6) is 0. The van der Waals surface area contributed by atoms with Crippen LogP contribution < -0.4 is 0 Å². The lowest BCUT2D eigenvalue weighted by Crippen LogP contribution is -2.77. The molecule has 0 bridgehead atoms. The first-order valence-corrected chi connectivity index (χ1v) is 20.1. The molecule has 36 heavy (non-hydrogen) atoms. The van der Waals surface area contributed by atoms with E-state index in [1.54, 1.807) is 0 Å². The van der Waals surface area contributed by atoms with Crippen molar-refractivity contribution in [1.29, 1.82) is 0 Å². The number of hydrogen-bond donors (Lipinski definition) is 0. The molecule has 1 saturated heterocycles. The summed E-state index contributed by atoms with van der Waals surface area (Å²) in [5.41, 5.74) is 0. The van der Waals surface area contributed by atoms with Gasteiger partial charge < -0.3 is 26.6 Å². The first-order chi connectivity index (χ1) is 16.1. The Hall–Kier alpha value is 0.411. The molecule has 0 amide bonds. The van der Waals surface area contributed by atoms with Crippen LogP contribution in [-0.4, -0.2) is 63.8 Å². The predicted molar refractivity (Wildman–Crippen MR) is 157 cm³/mol. The van der Waals surface area contributed by atoms with Gasteiger partial charge in [0.25, 0.3) is 0 Å². The first-order valence-electron chi connectivity index (χ1n) is 14.1. The molecular weight excluding hydrogens is 505 g/mol. The van der Waals surface area contributed by atoms with Crippen LogP contribution in [0.4, 0.5) is 0 Å². The minimum absolute atomic E-state index is 0.151. The highest BCUT2D eigenvalue weighted by Crippen LogP contribution is 2.58. The molecule has 0 unspecified atom stereocenters. The van der Waals surface area contributed by atoms with Crippen molar-refractivity contribution in [3.05, 3.63) is 0 Å². The van der Waals surface area contributed by atoms with Gasteiger partial charge in [0.1, 0.15) is 0 Å². The number of rotatable bonds is 12. The normalized spacial score (nSPS) is 28.5. The topological polar surface area (TPSA) is 55.4 Å². The van der Waals surface area contributed by atoms with E-state index in [1.165, 1.54) is 0 Å². The molecule has 1 fully saturated rings. The van der Waals surface area contributed by atoms with Crippen molar-refractivity contribution in [2.24, 2.45) is 0 Å². The molecule has 0 aromatic rings. The van der Waals surface area contributed by atoms with Gasteiger partial charge in [-0.05, 0) is 41.5 Å². The third-order valence-electron chi connectivity index (χ3n) is 7.06. The van der Waals surface area contributed by atoms with Crippen LogP contribution in [0.15, 0.2) is 0 Å². The monoisotopic (exact) mass is 564 g/mol. The Morgan fingerprint density at radius 2 is 0.639 bits per heavy atom. The third-order valence-corrected chi connectivity index (χ3v) is 24.4. The highest BCUT2D eigenvalue weighted by Gasteiger charge is 2.71. The standard InChI is InChI=1S/C27H60O6Si3/c1-22(2)28-16-19-34(25(7,8)9)31-35(26(10,11)12,20-17-29-23(3)4)33-36(32-34,27(13,14)15)21-18-30-24(5)6/h22-24H,16-21H2,1-15H3. The molecule has 0 spiro atoms. The van der Waals surface area contributed by atoms with Gasteiger partial charge in [-0.15, -0.1) is 0 Å². The minimum Gasteiger partial charge on any atom is -0.415 e. The van der Waals surface area contributed by atoms with Crippen LogP contribution in [0.1, 0.15) is 104 Å². The zero-order chi connectivity index (χ0) is 28.2. The van der Waals surface area contributed by atoms with E-state index < -0.39 is 25.7 Å². The van der Waals surface area contributed by atoms with E-state index in [0.717, 1.165) is 18.1 Å². The van der Waals surface area contributed by atoms with Crippen LogP contribution in [0, 0.1) is 0 Å². The van der Waals surface area contributed by atoms with E-state index >= 15 is 0 Å². The summed E-state index contributed by atoms with van der Waals surface area (Å²) in [7, 11) is -8.50. The Morgan fingerprint density at radius 3 is 0.778 bits per heavy atom. The van der Waals surface area contributed by atoms with Gasteiger partial charge in [-0.2, -0.15) is 0 Å². The second-order valence-corrected chi connectivity index (χ2v) is 27.3. The summed E-state index contributed by atoms with van der Waals surface area (Å²) in [6.07, 6.45) is 0.511. The largest absolute Gasteiger partial charge is 0.415 e. The molecule has 0 atom stereocenters. The quantitative estimate of drug-likeness (QED) is 0.224. The Labute approximate surface area is 227 Å². The van der Waals surface area contributed by atoms with E-state index in [4.69, 9.17) is 26.6 Å². The van der Waals surface area contributed by atoms with Gasteiger partial charge in [-0.1, -0.05) is 62.3 Å². The molecule has 1 heterocycles. The summed E-state index contributed by atoms with van der Waals surface area (Å²) >= 11 is 0. The van der Waals surface area contributed by atoms with Crippen molar-refractivity contribution in [1.82, 2.24) is 0 Å². The Kier molecular flexibility index (Phi) is 12.2. The molecule has 0 aliphatic carbocycles. The molecule has 0 aromatic carbocycles. The maximum Gasteiger partial charge on any atom is 0.328 e. The summed E-state index contributed by atoms with van der Waals surface area (Å²) < 4.78 is 40.8. The zero-order valence-electron chi connectivity index (χ0n) is 26.4. The number of ether oxygens (including phenoxy) is 3. The SMILES string of the molecule is CC(C)OCC[Si]1(C(C)(C)C)O[Si](CCOC(C)C)(C(C)(C)C)O[Si](CCOC(C)C)(C(C)(C)C)O1. The van der Waals surface area contributed by atoms with Crippen LogP contribution >= 0.6 is 0 Å². The van der Waals surface area contributed by atoms with Gasteiger partial charge in [-0.25, -0.2) is 0 Å². The van der Waals surface area contributed by atoms with E-state index in [1.807, 2.05) is 0 Å². The van der Waals surface area contributed by atoms with Crippen LogP contribution in [0.25, 0.3) is 0 Å². The molecule has 0 aromatic heterocycles. The lowest BCUT2D eigenvalue weighted by Gasteiger charge is -2.62. The molecule has 6 nitrogen and oxygen atoms in total. The highest BCUT2D eigenvalue weighted by molar-refractivity contribution is 6.97. The van der Waals surface area contributed by atoms with Crippen molar-refractivity contribution in [2.75, 3.05) is 19.8 Å². The van der Waals surface area contributed by atoms with E-state index in [2.05, 4.69) is 104 Å². The van der Waals surface area contributed by atoms with Crippen molar-refractivity contribution in [2.45, 2.75) is 155 Å². The highest BCUT2D eigenvalue weighted by atomic mass is 28.5. The summed E-state index contributed by atoms with van der Waals surface area (Å²) in [6.45, 7) is 35.1. The summed E-state index contributed by atoms with van der Waals surface area (Å²) in [4.78, 5) is 0. The molecule has 0 saturated carbocycles. The minimum atomic E-state index is -2.83. The molecular formula is C27H60O6Si3. The Morgan fingerprint density at radius 1 is 0.444 bits per heavy atom. The fourth-order valence-electron chi connectivity index (χ4n) is 4.50. The summed E-state index contributed by atoms with van der Waals surface area (Å²) in [6, 6.07) is 2.39. The van der Waals surface area contributed by atoms with E-state index in [0.29, 0.717) is 19.8 Å². The first kappa shape index (κ1) is 34.4. The molecule has 1 rings (SSSR count). The smallest absolute Gasteiger partial charge is 0.328 e. The van der Waals surface area contributed by atoms with Crippen LogP contribution in [0.2, 0.25) is 33.2 Å². The van der Waals surface area contributed by atoms with E-state index in [-0.39, 0.29) is 33.4 Å². The fourth-order valence-corrected chi connectivity index (χ4v) is 25.7. The van der Waals surface area contributed by atoms with Gasteiger partial charge in [0, 0.05) is 53.1 Å². The van der Waals surface area contributed by atoms with Crippen LogP contribution in [-0.2, 0) is 26.6 Å². The number of hydrogen-bond acceptors (Lipinski definition) is 6. The second-order valence-electron chi connectivity index (χ2n) is 14.3. The summed E-state index contributed by atoms with van der Waals surface area (Å²) in [5, 5.41) is -0.453. The predicted octanol–water partition coefficient (Wildman–Crippen LogP) is 8.05. The lowest BCUT2D eigenvalue weighted by molar-refractivity contribution is 0.0670. The van der Waals surface area contributed by atoms with Crippen molar-refractivity contribution >= 4 is 25.7 Å². The van der Waals surface area contributed by atoms with Crippen molar-refractivity contribution in [3.8, 4) is 0 Å². The molecule has 0 radical (unpaired) electrons. The van der Waals surface area contributed by atoms with Gasteiger partial charge >= 0.3 is 25.7 Å². The average Bonchev–Trinajstić information content (AvgIpc) is 2.64. The van der Waals surface area contributed by atoms with Gasteiger partial charge in [0.05, 0.1) is 18.3 Å². The third kappa shape index (κ3) is 8.71. The van der Waals surface area contributed by atoms with Crippen molar-refractivity contribution < 1.29 is 26.6 Å². The maximum absolute atomic E-state index is 7.50. The lowest BCUT2D eigenvalue weighted by atomic mass is 10.2. The van der Waals surface area contributed by atoms with Gasteiger partial charge in [0.2, 0.25) is 0 Å². The van der Waals surface area contributed by atoms with E-state index in [9.17, 15) is 0 Å².